The summed E-state index contributed by atoms with van der Waals surface area (Å²) in [6, 6.07) is 14.8. The first-order valence-corrected chi connectivity index (χ1v) is 13.6. The minimum Gasteiger partial charge on any atom is -0.497 e. The first-order valence-electron chi connectivity index (χ1n) is 11.7. The molecule has 0 aliphatic heterocycles. The van der Waals surface area contributed by atoms with E-state index in [0.717, 1.165) is 18.2 Å². The standard InChI is InChI=1S/C26H26ClFN6O4S/c1-34(2)13-12-29-26(35)18-15-17(9-11-20(18)28)39(36,37)33-25-24(30-21-6-4-5-7-22(21)31-25)32-23-14-16(38-3)8-10-19(23)27/h4-11,14-15H,12-13H2,1-3H3,(H,29,35)(H,30,32)(H,31,33). The lowest BCUT2D eigenvalue weighted by atomic mass is 10.2. The summed E-state index contributed by atoms with van der Waals surface area (Å²) < 4.78 is 48.9. The van der Waals surface area contributed by atoms with E-state index < -0.39 is 27.3 Å². The molecule has 39 heavy (non-hydrogen) atoms. The van der Waals surface area contributed by atoms with Crippen molar-refractivity contribution < 1.29 is 22.3 Å². The van der Waals surface area contributed by atoms with Crippen molar-refractivity contribution >= 4 is 55.9 Å². The largest absolute Gasteiger partial charge is 0.497 e. The Balaban J connectivity index is 1.70. The van der Waals surface area contributed by atoms with E-state index in [0.29, 0.717) is 34.0 Å². The number of hydrogen-bond donors (Lipinski definition) is 3. The summed E-state index contributed by atoms with van der Waals surface area (Å²) in [5.41, 5.74) is 0.931. The van der Waals surface area contributed by atoms with Gasteiger partial charge in [0.2, 0.25) is 0 Å². The minimum atomic E-state index is -4.33. The summed E-state index contributed by atoms with van der Waals surface area (Å²) in [5.74, 6) is -1.13. The highest BCUT2D eigenvalue weighted by atomic mass is 35.5. The lowest BCUT2D eigenvalue weighted by molar-refractivity contribution is 0.0946. The number of aromatic nitrogens is 2. The Bertz CT molecular complexity index is 1630. The molecule has 0 unspecified atom stereocenters. The van der Waals surface area contributed by atoms with Gasteiger partial charge in [-0.2, -0.15) is 0 Å². The highest BCUT2D eigenvalue weighted by Gasteiger charge is 2.23. The normalized spacial score (nSPS) is 11.4. The number of rotatable bonds is 10. The zero-order valence-electron chi connectivity index (χ0n) is 21.3. The summed E-state index contributed by atoms with van der Waals surface area (Å²) in [6.07, 6.45) is 0. The Labute approximate surface area is 230 Å². The third-order valence-corrected chi connectivity index (χ3v) is 7.23. The number of methoxy groups -OCH3 is 1. The van der Waals surface area contributed by atoms with Crippen LogP contribution in [-0.4, -0.2) is 63.5 Å². The van der Waals surface area contributed by atoms with Crippen LogP contribution in [0.3, 0.4) is 0 Å². The van der Waals surface area contributed by atoms with Crippen molar-refractivity contribution in [1.82, 2.24) is 20.2 Å². The van der Waals surface area contributed by atoms with Crippen LogP contribution in [0.4, 0.5) is 21.7 Å². The molecule has 4 aromatic rings. The van der Waals surface area contributed by atoms with E-state index in [9.17, 15) is 17.6 Å². The lowest BCUT2D eigenvalue weighted by Gasteiger charge is -2.15. The second-order valence-corrected chi connectivity index (χ2v) is 10.8. The number of anilines is 3. The first-order chi connectivity index (χ1) is 18.6. The second-order valence-electron chi connectivity index (χ2n) is 8.69. The maximum Gasteiger partial charge on any atom is 0.263 e. The van der Waals surface area contributed by atoms with Crippen LogP contribution in [0.15, 0.2) is 65.6 Å². The molecule has 0 saturated carbocycles. The number of likely N-dealkylation sites (N-methyl/N-ethyl adjacent to an activating group) is 1. The number of benzene rings is 3. The molecule has 3 aromatic carbocycles. The van der Waals surface area contributed by atoms with Crippen molar-refractivity contribution in [3.8, 4) is 5.75 Å². The molecule has 0 aliphatic rings. The van der Waals surface area contributed by atoms with Crippen LogP contribution < -0.4 is 20.1 Å². The highest BCUT2D eigenvalue weighted by molar-refractivity contribution is 7.92. The molecule has 0 atom stereocenters. The molecule has 204 valence electrons. The Morgan fingerprint density at radius 3 is 2.38 bits per heavy atom. The van der Waals surface area contributed by atoms with Gasteiger partial charge in [-0.1, -0.05) is 23.7 Å². The summed E-state index contributed by atoms with van der Waals surface area (Å²) in [4.78, 5) is 23.0. The van der Waals surface area contributed by atoms with Crippen molar-refractivity contribution in [1.29, 1.82) is 0 Å². The van der Waals surface area contributed by atoms with E-state index in [1.165, 1.54) is 7.11 Å². The monoisotopic (exact) mass is 572 g/mol. The van der Waals surface area contributed by atoms with Crippen LogP contribution in [0.2, 0.25) is 5.02 Å². The van der Waals surface area contributed by atoms with Crippen molar-refractivity contribution in [2.45, 2.75) is 4.90 Å². The number of carbonyl (C=O) groups is 1. The van der Waals surface area contributed by atoms with Crippen LogP contribution in [0.1, 0.15) is 10.4 Å². The van der Waals surface area contributed by atoms with Gasteiger partial charge in [0, 0.05) is 19.2 Å². The first kappa shape index (κ1) is 28.0. The van der Waals surface area contributed by atoms with E-state index in [-0.39, 0.29) is 23.1 Å². The van der Waals surface area contributed by atoms with Gasteiger partial charge in [-0.05, 0) is 56.6 Å². The van der Waals surface area contributed by atoms with Crippen molar-refractivity contribution in [2.75, 3.05) is 44.3 Å². The number of sulfonamides is 1. The van der Waals surface area contributed by atoms with Gasteiger partial charge in [-0.25, -0.2) is 22.8 Å². The van der Waals surface area contributed by atoms with Crippen LogP contribution in [-0.2, 0) is 10.0 Å². The third-order valence-electron chi connectivity index (χ3n) is 5.57. The zero-order valence-corrected chi connectivity index (χ0v) is 22.9. The second kappa shape index (κ2) is 11.8. The number of amides is 1. The van der Waals surface area contributed by atoms with Gasteiger partial charge >= 0.3 is 0 Å². The number of fused-ring (bicyclic) bond motifs is 1. The van der Waals surface area contributed by atoms with Gasteiger partial charge in [-0.3, -0.25) is 9.52 Å². The predicted molar refractivity (Wildman–Crippen MR) is 149 cm³/mol. The van der Waals surface area contributed by atoms with E-state index >= 15 is 0 Å². The molecular formula is C26H26ClFN6O4S. The molecular weight excluding hydrogens is 547 g/mol. The Morgan fingerprint density at radius 2 is 1.72 bits per heavy atom. The van der Waals surface area contributed by atoms with E-state index in [4.69, 9.17) is 16.3 Å². The van der Waals surface area contributed by atoms with E-state index in [1.54, 1.807) is 42.5 Å². The van der Waals surface area contributed by atoms with Gasteiger partial charge in [0.15, 0.2) is 11.6 Å². The van der Waals surface area contributed by atoms with Crippen molar-refractivity contribution in [2.24, 2.45) is 0 Å². The highest BCUT2D eigenvalue weighted by Crippen LogP contribution is 2.32. The average Bonchev–Trinajstić information content (AvgIpc) is 2.89. The number of halogens is 2. The maximum absolute atomic E-state index is 14.5. The molecule has 0 aliphatic carbocycles. The van der Waals surface area contributed by atoms with Crippen molar-refractivity contribution in [3.63, 3.8) is 0 Å². The summed E-state index contributed by atoms with van der Waals surface area (Å²) >= 11 is 6.34. The number of ether oxygens (including phenoxy) is 1. The fourth-order valence-corrected chi connectivity index (χ4v) is 4.73. The van der Waals surface area contributed by atoms with Gasteiger partial charge in [0.25, 0.3) is 15.9 Å². The Hall–Kier alpha value is -4.00. The van der Waals surface area contributed by atoms with Crippen LogP contribution in [0.25, 0.3) is 11.0 Å². The Kier molecular flexibility index (Phi) is 8.48. The van der Waals surface area contributed by atoms with Gasteiger partial charge in [0.1, 0.15) is 11.6 Å². The maximum atomic E-state index is 14.5. The van der Waals surface area contributed by atoms with Crippen LogP contribution in [0.5, 0.6) is 5.75 Å². The SMILES string of the molecule is COc1ccc(Cl)c(Nc2nc3ccccc3nc2NS(=O)(=O)c2ccc(F)c(C(=O)NCCN(C)C)c2)c1. The molecule has 0 bridgehead atoms. The number of carbonyl (C=O) groups excluding carboxylic acids is 1. The number of nitrogens with one attached hydrogen (secondary N) is 3. The zero-order chi connectivity index (χ0) is 28.2. The minimum absolute atomic E-state index is 0.0659. The molecule has 1 heterocycles. The van der Waals surface area contributed by atoms with Gasteiger partial charge < -0.3 is 20.3 Å². The summed E-state index contributed by atoms with van der Waals surface area (Å²) in [5, 5.41) is 5.93. The molecule has 0 fully saturated rings. The van der Waals surface area contributed by atoms with E-state index in [1.807, 2.05) is 19.0 Å². The summed E-state index contributed by atoms with van der Waals surface area (Å²) in [7, 11) is 0.822. The van der Waals surface area contributed by atoms with Crippen LogP contribution in [0, 0.1) is 5.82 Å². The topological polar surface area (TPSA) is 126 Å². The average molecular weight is 573 g/mol. The van der Waals surface area contributed by atoms with Gasteiger partial charge in [-0.15, -0.1) is 0 Å². The lowest BCUT2D eigenvalue weighted by Crippen LogP contribution is -2.32. The van der Waals surface area contributed by atoms with E-state index in [2.05, 4.69) is 25.3 Å². The van der Waals surface area contributed by atoms with Crippen LogP contribution >= 0.6 is 11.6 Å². The number of nitrogens with zero attached hydrogens (tertiary/aromatic N) is 3. The number of para-hydroxylation sites is 2. The molecule has 4 rings (SSSR count). The summed E-state index contributed by atoms with van der Waals surface area (Å²) in [6.45, 7) is 0.787. The molecule has 13 heteroatoms. The fourth-order valence-electron chi connectivity index (χ4n) is 3.53. The molecule has 0 spiro atoms. The molecule has 1 amide bonds. The molecule has 3 N–H and O–H groups in total. The van der Waals surface area contributed by atoms with Crippen molar-refractivity contribution in [3.05, 3.63) is 77.1 Å². The Morgan fingerprint density at radius 1 is 1.03 bits per heavy atom. The fraction of sp³-hybridized carbons (Fsp3) is 0.192. The molecule has 0 radical (unpaired) electrons. The quantitative estimate of drug-likeness (QED) is 0.257. The molecule has 0 saturated heterocycles. The molecule has 1 aromatic heterocycles. The third kappa shape index (κ3) is 6.72. The number of hydrogen-bond acceptors (Lipinski definition) is 8. The smallest absolute Gasteiger partial charge is 0.263 e. The molecule has 10 nitrogen and oxygen atoms in total. The van der Waals surface area contributed by atoms with Gasteiger partial charge in [0.05, 0.1) is 39.3 Å². The predicted octanol–water partition coefficient (Wildman–Crippen LogP) is 4.27.